The average Bonchev–Trinajstić information content (AvgIpc) is 2.34. The molecule has 1 rings (SSSR count). The first-order valence-corrected chi connectivity index (χ1v) is 6.27. The first kappa shape index (κ1) is 14.6. The Balaban J connectivity index is 2.83. The van der Waals surface area contributed by atoms with Gasteiger partial charge in [0, 0.05) is 20.1 Å². The van der Waals surface area contributed by atoms with Crippen LogP contribution in [0.3, 0.4) is 0 Å². The van der Waals surface area contributed by atoms with Gasteiger partial charge in [0.1, 0.15) is 11.3 Å². The quantitative estimate of drug-likeness (QED) is 0.576. The molecule has 0 radical (unpaired) electrons. The van der Waals surface area contributed by atoms with Crippen LogP contribution in [0.4, 0.5) is 0 Å². The van der Waals surface area contributed by atoms with Gasteiger partial charge < -0.3 is 19.1 Å². The van der Waals surface area contributed by atoms with E-state index in [9.17, 15) is 9.00 Å². The molecule has 6 nitrogen and oxygen atoms in total. The molecule has 7 heteroatoms. The van der Waals surface area contributed by atoms with Gasteiger partial charge in [-0.3, -0.25) is 0 Å². The fourth-order valence-corrected chi connectivity index (χ4v) is 1.70. The summed E-state index contributed by atoms with van der Waals surface area (Å²) in [5.41, 5.74) is -0.132. The Morgan fingerprint density at radius 1 is 1.39 bits per heavy atom. The topological polar surface area (TPSA) is 93.1 Å². The van der Waals surface area contributed by atoms with Gasteiger partial charge in [-0.2, -0.15) is 0 Å². The molecule has 1 aromatic rings. The molecule has 0 heterocycles. The molecule has 0 bridgehead atoms. The second-order valence-corrected chi connectivity index (χ2v) is 4.38. The molecular formula is C11H14O6S. The van der Waals surface area contributed by atoms with Crippen molar-refractivity contribution in [3.8, 4) is 5.75 Å². The Morgan fingerprint density at radius 3 is 2.67 bits per heavy atom. The zero-order valence-corrected chi connectivity index (χ0v) is 10.6. The standard InChI is InChI=1S/C11H14O6S/c1-16-5-2-6-17-10-4-3-8(18(14)15)7-9(10)11(12)13/h3-4,7H,2,5-6H2,1H3,(H,12,13)(H,14,15). The van der Waals surface area contributed by atoms with Crippen LogP contribution in [-0.2, 0) is 15.8 Å². The molecular weight excluding hydrogens is 260 g/mol. The molecule has 0 amide bonds. The fourth-order valence-electron chi connectivity index (χ4n) is 1.30. The van der Waals surface area contributed by atoms with Gasteiger partial charge >= 0.3 is 5.97 Å². The number of benzene rings is 1. The summed E-state index contributed by atoms with van der Waals surface area (Å²) in [5.74, 6) is -1.03. The van der Waals surface area contributed by atoms with E-state index in [0.717, 1.165) is 6.07 Å². The lowest BCUT2D eigenvalue weighted by Crippen LogP contribution is -2.07. The maximum Gasteiger partial charge on any atom is 0.339 e. The molecule has 1 unspecified atom stereocenters. The minimum absolute atomic E-state index is 0.0247. The number of aromatic carboxylic acids is 1. The predicted octanol–water partition coefficient (Wildman–Crippen LogP) is 1.38. The second-order valence-electron chi connectivity index (χ2n) is 3.41. The summed E-state index contributed by atoms with van der Waals surface area (Å²) in [4.78, 5) is 11.0. The number of carbonyl (C=O) groups is 1. The second kappa shape index (κ2) is 7.10. The molecule has 0 saturated heterocycles. The van der Waals surface area contributed by atoms with Gasteiger partial charge in [-0.25, -0.2) is 9.00 Å². The number of hydrogen-bond donors (Lipinski definition) is 2. The first-order valence-electron chi connectivity index (χ1n) is 5.16. The van der Waals surface area contributed by atoms with E-state index in [-0.39, 0.29) is 16.2 Å². The molecule has 2 N–H and O–H groups in total. The van der Waals surface area contributed by atoms with Gasteiger partial charge in [0.15, 0.2) is 11.1 Å². The molecule has 0 aliphatic rings. The van der Waals surface area contributed by atoms with Crippen LogP contribution in [0.25, 0.3) is 0 Å². The van der Waals surface area contributed by atoms with Crippen molar-refractivity contribution in [1.29, 1.82) is 0 Å². The maximum atomic E-state index is 11.0. The molecule has 0 saturated carbocycles. The molecule has 18 heavy (non-hydrogen) atoms. The van der Waals surface area contributed by atoms with Gasteiger partial charge in [-0.1, -0.05) is 0 Å². The van der Waals surface area contributed by atoms with E-state index in [1.165, 1.54) is 12.1 Å². The lowest BCUT2D eigenvalue weighted by molar-refractivity contribution is 0.0691. The Labute approximate surface area is 107 Å². The molecule has 0 fully saturated rings. The SMILES string of the molecule is COCCCOc1ccc(S(=O)O)cc1C(=O)O. The third-order valence-corrected chi connectivity index (χ3v) is 2.79. The fraction of sp³-hybridized carbons (Fsp3) is 0.364. The minimum Gasteiger partial charge on any atom is -0.493 e. The molecule has 100 valence electrons. The third kappa shape index (κ3) is 4.10. The van der Waals surface area contributed by atoms with Crippen LogP contribution in [0.5, 0.6) is 5.75 Å². The van der Waals surface area contributed by atoms with Crippen LogP contribution < -0.4 is 4.74 Å². The average molecular weight is 274 g/mol. The van der Waals surface area contributed by atoms with Crippen LogP contribution in [0.2, 0.25) is 0 Å². The van der Waals surface area contributed by atoms with Gasteiger partial charge in [0.05, 0.1) is 11.5 Å². The van der Waals surface area contributed by atoms with E-state index in [4.69, 9.17) is 19.1 Å². The van der Waals surface area contributed by atoms with Crippen molar-refractivity contribution in [2.24, 2.45) is 0 Å². The summed E-state index contributed by atoms with van der Waals surface area (Å²) < 4.78 is 29.9. The number of ether oxygens (including phenoxy) is 2. The minimum atomic E-state index is -2.21. The molecule has 1 atom stereocenters. The monoisotopic (exact) mass is 274 g/mol. The van der Waals surface area contributed by atoms with Crippen LogP contribution in [0.15, 0.2) is 23.1 Å². The van der Waals surface area contributed by atoms with E-state index in [0.29, 0.717) is 19.6 Å². The zero-order valence-electron chi connectivity index (χ0n) is 9.79. The smallest absolute Gasteiger partial charge is 0.339 e. The van der Waals surface area contributed by atoms with Gasteiger partial charge in [-0.05, 0) is 18.2 Å². The highest BCUT2D eigenvalue weighted by Crippen LogP contribution is 2.22. The van der Waals surface area contributed by atoms with Crippen LogP contribution in [-0.4, -0.2) is 40.2 Å². The predicted molar refractivity (Wildman–Crippen MR) is 64.4 cm³/mol. The Kier molecular flexibility index (Phi) is 5.76. The summed E-state index contributed by atoms with van der Waals surface area (Å²) in [6.45, 7) is 0.830. The number of carboxylic acid groups (broad SMARTS) is 1. The Hall–Kier alpha value is -1.44. The molecule has 0 aromatic heterocycles. The van der Waals surface area contributed by atoms with Gasteiger partial charge in [0.25, 0.3) is 0 Å². The van der Waals surface area contributed by atoms with Crippen LogP contribution in [0, 0.1) is 0 Å². The first-order chi connectivity index (χ1) is 8.56. The maximum absolute atomic E-state index is 11.0. The number of carboxylic acids is 1. The van der Waals surface area contributed by atoms with Crippen LogP contribution in [0.1, 0.15) is 16.8 Å². The zero-order chi connectivity index (χ0) is 13.5. The highest BCUT2D eigenvalue weighted by Gasteiger charge is 2.14. The summed E-state index contributed by atoms with van der Waals surface area (Å²) >= 11 is -2.21. The van der Waals surface area contributed by atoms with Crippen molar-refractivity contribution in [3.05, 3.63) is 23.8 Å². The Bertz CT molecular complexity index is 445. The number of rotatable bonds is 7. The lowest BCUT2D eigenvalue weighted by Gasteiger charge is -2.09. The van der Waals surface area contributed by atoms with Crippen molar-refractivity contribution in [1.82, 2.24) is 0 Å². The van der Waals surface area contributed by atoms with E-state index in [1.54, 1.807) is 7.11 Å². The number of hydrogen-bond acceptors (Lipinski definition) is 4. The van der Waals surface area contributed by atoms with E-state index in [2.05, 4.69) is 0 Å². The van der Waals surface area contributed by atoms with Crippen molar-refractivity contribution in [2.45, 2.75) is 11.3 Å². The van der Waals surface area contributed by atoms with E-state index >= 15 is 0 Å². The highest BCUT2D eigenvalue weighted by molar-refractivity contribution is 7.79. The van der Waals surface area contributed by atoms with Crippen LogP contribution >= 0.6 is 0 Å². The largest absolute Gasteiger partial charge is 0.493 e. The molecule has 1 aromatic carbocycles. The normalized spacial score (nSPS) is 12.1. The van der Waals surface area contributed by atoms with E-state index in [1.807, 2.05) is 0 Å². The third-order valence-electron chi connectivity index (χ3n) is 2.13. The lowest BCUT2D eigenvalue weighted by atomic mass is 10.2. The van der Waals surface area contributed by atoms with Gasteiger partial charge in [0.2, 0.25) is 0 Å². The summed E-state index contributed by atoms with van der Waals surface area (Å²) in [6, 6.07) is 3.86. The highest BCUT2D eigenvalue weighted by atomic mass is 32.2. The van der Waals surface area contributed by atoms with Crippen molar-refractivity contribution in [3.63, 3.8) is 0 Å². The van der Waals surface area contributed by atoms with Gasteiger partial charge in [-0.15, -0.1) is 0 Å². The number of methoxy groups -OCH3 is 1. The molecule has 0 aliphatic carbocycles. The van der Waals surface area contributed by atoms with Crippen molar-refractivity contribution >= 4 is 17.0 Å². The van der Waals surface area contributed by atoms with Crippen molar-refractivity contribution in [2.75, 3.05) is 20.3 Å². The Morgan fingerprint density at radius 2 is 2.11 bits per heavy atom. The van der Waals surface area contributed by atoms with E-state index < -0.39 is 17.0 Å². The summed E-state index contributed by atoms with van der Waals surface area (Å²) in [6.07, 6.45) is 0.628. The van der Waals surface area contributed by atoms with Crippen molar-refractivity contribution < 1.29 is 28.1 Å². The molecule has 0 spiro atoms. The molecule has 0 aliphatic heterocycles. The summed E-state index contributed by atoms with van der Waals surface area (Å²) in [5, 5.41) is 8.99. The summed E-state index contributed by atoms with van der Waals surface area (Å²) in [7, 11) is 1.56.